The average Bonchev–Trinajstić information content (AvgIpc) is 3.19. The fraction of sp³-hybridized carbons (Fsp3) is 0.238. The van der Waals surface area contributed by atoms with Crippen molar-refractivity contribution in [2.24, 2.45) is 16.6 Å². The Kier molecular flexibility index (Phi) is 5.17. The molecule has 2 aromatic rings. The molecule has 144 valence electrons. The number of fused-ring (bicyclic) bond motifs is 1. The SMILES string of the molecule is CC(C)C1=C(C(N)=O)SC2=N[C@@H](c3ccc(Cl)cc3)[C@@H](c3ccc(Cl)cc3)N21. The zero-order chi connectivity index (χ0) is 20.0. The first kappa shape index (κ1) is 19.4. The summed E-state index contributed by atoms with van der Waals surface area (Å²) in [5.41, 5.74) is 8.73. The first-order valence-corrected chi connectivity index (χ1v) is 10.5. The maximum absolute atomic E-state index is 12.1. The maximum Gasteiger partial charge on any atom is 0.257 e. The molecule has 4 rings (SSSR count). The smallest absolute Gasteiger partial charge is 0.257 e. The lowest BCUT2D eigenvalue weighted by Gasteiger charge is -2.31. The number of allylic oxidation sites excluding steroid dienone is 1. The van der Waals surface area contributed by atoms with Crippen molar-refractivity contribution in [1.29, 1.82) is 0 Å². The van der Waals surface area contributed by atoms with Crippen LogP contribution in [-0.2, 0) is 4.79 Å². The number of hydrogen-bond donors (Lipinski definition) is 1. The molecule has 2 N–H and O–H groups in total. The fourth-order valence-electron chi connectivity index (χ4n) is 3.72. The third kappa shape index (κ3) is 3.32. The molecule has 2 aromatic carbocycles. The average molecular weight is 432 g/mol. The molecule has 0 bridgehead atoms. The highest BCUT2D eigenvalue weighted by Gasteiger charge is 2.46. The fourth-order valence-corrected chi connectivity index (χ4v) is 5.17. The Labute approximate surface area is 178 Å². The second-order valence-electron chi connectivity index (χ2n) is 7.11. The summed E-state index contributed by atoms with van der Waals surface area (Å²) < 4.78 is 0. The van der Waals surface area contributed by atoms with Crippen molar-refractivity contribution in [1.82, 2.24) is 4.90 Å². The van der Waals surface area contributed by atoms with Crippen LogP contribution in [0.3, 0.4) is 0 Å². The second-order valence-corrected chi connectivity index (χ2v) is 8.96. The summed E-state index contributed by atoms with van der Waals surface area (Å²) in [6, 6.07) is 15.3. The summed E-state index contributed by atoms with van der Waals surface area (Å²) in [5, 5.41) is 2.17. The number of aliphatic imine (C=N–C) groups is 1. The molecule has 0 aromatic heterocycles. The topological polar surface area (TPSA) is 58.7 Å². The van der Waals surface area contributed by atoms with E-state index in [1.54, 1.807) is 0 Å². The van der Waals surface area contributed by atoms with Crippen LogP contribution in [0.5, 0.6) is 0 Å². The van der Waals surface area contributed by atoms with Gasteiger partial charge in [-0.25, -0.2) is 0 Å². The summed E-state index contributed by atoms with van der Waals surface area (Å²) >= 11 is 13.6. The number of rotatable bonds is 4. The Morgan fingerprint density at radius 3 is 2.07 bits per heavy atom. The molecule has 28 heavy (non-hydrogen) atoms. The zero-order valence-corrected chi connectivity index (χ0v) is 17.7. The van der Waals surface area contributed by atoms with Crippen molar-refractivity contribution in [2.75, 3.05) is 0 Å². The summed E-state index contributed by atoms with van der Waals surface area (Å²) in [5.74, 6) is -0.287. The monoisotopic (exact) mass is 431 g/mol. The molecule has 0 saturated carbocycles. The number of nitrogens with two attached hydrogens (primary N) is 1. The summed E-state index contributed by atoms with van der Waals surface area (Å²) in [4.78, 5) is 19.8. The van der Waals surface area contributed by atoms with Gasteiger partial charge in [-0.2, -0.15) is 0 Å². The number of carbonyl (C=O) groups excluding carboxylic acids is 1. The number of carbonyl (C=O) groups is 1. The number of thioether (sulfide) groups is 1. The first-order chi connectivity index (χ1) is 13.4. The van der Waals surface area contributed by atoms with Gasteiger partial charge in [-0.05, 0) is 53.1 Å². The van der Waals surface area contributed by atoms with Crippen molar-refractivity contribution >= 4 is 46.0 Å². The Morgan fingerprint density at radius 1 is 1.04 bits per heavy atom. The molecule has 2 aliphatic rings. The minimum atomic E-state index is -0.413. The van der Waals surface area contributed by atoms with E-state index in [1.165, 1.54) is 11.8 Å². The van der Waals surface area contributed by atoms with Gasteiger partial charge in [0.15, 0.2) is 5.17 Å². The normalized spacial score (nSPS) is 21.3. The largest absolute Gasteiger partial charge is 0.365 e. The van der Waals surface area contributed by atoms with Gasteiger partial charge in [0.1, 0.15) is 6.04 Å². The van der Waals surface area contributed by atoms with Crippen LogP contribution >= 0.6 is 35.0 Å². The van der Waals surface area contributed by atoms with Crippen molar-refractivity contribution in [3.63, 3.8) is 0 Å². The Morgan fingerprint density at radius 2 is 1.57 bits per heavy atom. The molecule has 2 heterocycles. The molecule has 4 nitrogen and oxygen atoms in total. The van der Waals surface area contributed by atoms with E-state index in [9.17, 15) is 4.79 Å². The molecule has 0 aliphatic carbocycles. The lowest BCUT2D eigenvalue weighted by molar-refractivity contribution is -0.114. The number of amides is 1. The van der Waals surface area contributed by atoms with E-state index in [0.717, 1.165) is 22.0 Å². The zero-order valence-electron chi connectivity index (χ0n) is 15.4. The lowest BCUT2D eigenvalue weighted by atomic mass is 9.92. The number of hydrogen-bond acceptors (Lipinski definition) is 4. The third-order valence-electron chi connectivity index (χ3n) is 4.91. The molecular weight excluding hydrogens is 413 g/mol. The van der Waals surface area contributed by atoms with Gasteiger partial charge in [0.25, 0.3) is 5.91 Å². The highest BCUT2D eigenvalue weighted by atomic mass is 35.5. The molecule has 0 unspecified atom stereocenters. The van der Waals surface area contributed by atoms with Crippen LogP contribution in [0.4, 0.5) is 0 Å². The van der Waals surface area contributed by atoms with Gasteiger partial charge >= 0.3 is 0 Å². The van der Waals surface area contributed by atoms with E-state index in [2.05, 4.69) is 18.7 Å². The standard InChI is InChI=1S/C21H19Cl2N3OS/c1-11(2)17-19(20(24)27)28-21-25-16(12-3-7-14(22)8-4-12)18(26(17)21)13-5-9-15(23)10-6-13/h3-11,16,18H,1-2H3,(H2,24,27)/t16-,18+/m0/s1. The van der Waals surface area contributed by atoms with Crippen LogP contribution in [0.25, 0.3) is 0 Å². The minimum Gasteiger partial charge on any atom is -0.365 e. The van der Waals surface area contributed by atoms with Gasteiger partial charge < -0.3 is 10.6 Å². The predicted molar refractivity (Wildman–Crippen MR) is 116 cm³/mol. The van der Waals surface area contributed by atoms with Gasteiger partial charge in [-0.15, -0.1) is 0 Å². The van der Waals surface area contributed by atoms with E-state index in [4.69, 9.17) is 33.9 Å². The Hall–Kier alpha value is -1.95. The Balaban J connectivity index is 1.85. The van der Waals surface area contributed by atoms with Crippen LogP contribution in [0.15, 0.2) is 64.1 Å². The van der Waals surface area contributed by atoms with E-state index < -0.39 is 5.91 Å². The molecule has 0 spiro atoms. The highest BCUT2D eigenvalue weighted by Crippen LogP contribution is 2.53. The van der Waals surface area contributed by atoms with E-state index in [0.29, 0.717) is 15.0 Å². The molecular formula is C21H19Cl2N3OS. The highest BCUT2D eigenvalue weighted by molar-refractivity contribution is 8.18. The predicted octanol–water partition coefficient (Wildman–Crippen LogP) is 5.55. The van der Waals surface area contributed by atoms with Gasteiger partial charge in [-0.1, -0.05) is 61.3 Å². The van der Waals surface area contributed by atoms with Crippen LogP contribution in [0.1, 0.15) is 37.1 Å². The van der Waals surface area contributed by atoms with Gasteiger partial charge in [0.2, 0.25) is 0 Å². The molecule has 1 amide bonds. The minimum absolute atomic E-state index is 0.0878. The number of nitrogens with zero attached hydrogens (tertiary/aromatic N) is 2. The summed E-state index contributed by atoms with van der Waals surface area (Å²) in [7, 11) is 0. The molecule has 0 radical (unpaired) electrons. The van der Waals surface area contributed by atoms with Crippen molar-refractivity contribution in [2.45, 2.75) is 25.9 Å². The van der Waals surface area contributed by atoms with Crippen molar-refractivity contribution < 1.29 is 4.79 Å². The number of amidine groups is 1. The van der Waals surface area contributed by atoms with Crippen LogP contribution in [0.2, 0.25) is 10.0 Å². The van der Waals surface area contributed by atoms with Gasteiger partial charge in [-0.3, -0.25) is 9.79 Å². The van der Waals surface area contributed by atoms with Crippen LogP contribution < -0.4 is 5.73 Å². The molecule has 0 saturated heterocycles. The van der Waals surface area contributed by atoms with E-state index in [1.807, 2.05) is 48.5 Å². The van der Waals surface area contributed by atoms with Crippen LogP contribution in [0, 0.1) is 5.92 Å². The summed E-state index contributed by atoms with van der Waals surface area (Å²) in [6.45, 7) is 4.13. The van der Waals surface area contributed by atoms with Gasteiger partial charge in [0.05, 0.1) is 10.9 Å². The first-order valence-electron chi connectivity index (χ1n) is 8.96. The van der Waals surface area contributed by atoms with Crippen molar-refractivity contribution in [3.8, 4) is 0 Å². The molecule has 7 heteroatoms. The maximum atomic E-state index is 12.1. The number of primary amides is 1. The molecule has 2 atom stereocenters. The summed E-state index contributed by atoms with van der Waals surface area (Å²) in [6.07, 6.45) is 0. The quantitative estimate of drug-likeness (QED) is 0.690. The second kappa shape index (κ2) is 7.47. The molecule has 0 fully saturated rings. The van der Waals surface area contributed by atoms with E-state index in [-0.39, 0.29) is 18.0 Å². The van der Waals surface area contributed by atoms with Crippen LogP contribution in [-0.4, -0.2) is 16.0 Å². The Bertz CT molecular complexity index is 984. The van der Waals surface area contributed by atoms with Gasteiger partial charge in [0, 0.05) is 15.7 Å². The number of benzene rings is 2. The lowest BCUT2D eigenvalue weighted by Crippen LogP contribution is -2.29. The molecule has 2 aliphatic heterocycles. The third-order valence-corrected chi connectivity index (χ3v) is 6.52. The van der Waals surface area contributed by atoms with Crippen molar-refractivity contribution in [3.05, 3.63) is 80.3 Å². The van der Waals surface area contributed by atoms with E-state index >= 15 is 0 Å². The number of halogens is 2.